The summed E-state index contributed by atoms with van der Waals surface area (Å²) in [7, 11) is 1.80. The number of anilines is 1. The van der Waals surface area contributed by atoms with Crippen LogP contribution in [0.2, 0.25) is 0 Å². The summed E-state index contributed by atoms with van der Waals surface area (Å²) in [5.74, 6) is -0.145. The SMILES string of the molecule is CC(c1cccc(NC(=O)c2ccccc2)c1)N(C)C(=O)C1CCCO1. The van der Waals surface area contributed by atoms with Gasteiger partial charge in [-0.25, -0.2) is 0 Å². The van der Waals surface area contributed by atoms with E-state index in [2.05, 4.69) is 5.32 Å². The summed E-state index contributed by atoms with van der Waals surface area (Å²) in [5, 5.41) is 2.91. The van der Waals surface area contributed by atoms with E-state index in [-0.39, 0.29) is 24.0 Å². The van der Waals surface area contributed by atoms with Gasteiger partial charge in [-0.15, -0.1) is 0 Å². The van der Waals surface area contributed by atoms with Crippen LogP contribution >= 0.6 is 0 Å². The van der Waals surface area contributed by atoms with Crippen LogP contribution in [0.1, 0.15) is 41.7 Å². The lowest BCUT2D eigenvalue weighted by Gasteiger charge is -2.28. The number of hydrogen-bond donors (Lipinski definition) is 1. The molecule has 2 amide bonds. The molecule has 0 saturated carbocycles. The maximum absolute atomic E-state index is 12.5. The normalized spacial score (nSPS) is 17.5. The van der Waals surface area contributed by atoms with Crippen LogP contribution in [0.3, 0.4) is 0 Å². The number of likely N-dealkylation sites (N-methyl/N-ethyl adjacent to an activating group) is 1. The fourth-order valence-corrected chi connectivity index (χ4v) is 3.08. The van der Waals surface area contributed by atoms with Crippen molar-refractivity contribution in [3.63, 3.8) is 0 Å². The summed E-state index contributed by atoms with van der Waals surface area (Å²) in [4.78, 5) is 26.6. The molecule has 2 unspecified atom stereocenters. The van der Waals surface area contributed by atoms with Crippen molar-refractivity contribution in [3.05, 3.63) is 65.7 Å². The maximum Gasteiger partial charge on any atom is 0.255 e. The van der Waals surface area contributed by atoms with Gasteiger partial charge in [0.25, 0.3) is 11.8 Å². The number of benzene rings is 2. The van der Waals surface area contributed by atoms with Gasteiger partial charge in [0.05, 0.1) is 6.04 Å². The number of hydrogen-bond acceptors (Lipinski definition) is 3. The Kier molecular flexibility index (Phi) is 5.68. The van der Waals surface area contributed by atoms with E-state index in [0.29, 0.717) is 17.9 Å². The average Bonchev–Trinajstić information content (AvgIpc) is 3.22. The number of carbonyl (C=O) groups is 2. The van der Waals surface area contributed by atoms with Crippen molar-refractivity contribution in [3.8, 4) is 0 Å². The molecule has 5 heteroatoms. The van der Waals surface area contributed by atoms with Crippen molar-refractivity contribution in [2.24, 2.45) is 0 Å². The topological polar surface area (TPSA) is 58.6 Å². The van der Waals surface area contributed by atoms with Gasteiger partial charge in [0.2, 0.25) is 0 Å². The molecule has 0 aliphatic carbocycles. The molecular weight excluding hydrogens is 328 g/mol. The van der Waals surface area contributed by atoms with Crippen LogP contribution in [0.25, 0.3) is 0 Å². The van der Waals surface area contributed by atoms with Gasteiger partial charge in [-0.3, -0.25) is 9.59 Å². The summed E-state index contributed by atoms with van der Waals surface area (Å²) >= 11 is 0. The Hall–Kier alpha value is -2.66. The second-order valence-electron chi connectivity index (χ2n) is 6.57. The van der Waals surface area contributed by atoms with Gasteiger partial charge in [0.15, 0.2) is 0 Å². The molecule has 2 aromatic carbocycles. The van der Waals surface area contributed by atoms with Gasteiger partial charge in [0, 0.05) is 24.9 Å². The summed E-state index contributed by atoms with van der Waals surface area (Å²) in [6, 6.07) is 16.6. The van der Waals surface area contributed by atoms with Gasteiger partial charge < -0.3 is 15.0 Å². The summed E-state index contributed by atoms with van der Waals surface area (Å²) in [6.07, 6.45) is 1.38. The lowest BCUT2D eigenvalue weighted by molar-refractivity contribution is -0.141. The zero-order chi connectivity index (χ0) is 18.5. The van der Waals surface area contributed by atoms with Gasteiger partial charge in [0.1, 0.15) is 6.10 Å². The lowest BCUT2D eigenvalue weighted by atomic mass is 10.1. The molecule has 0 aromatic heterocycles. The van der Waals surface area contributed by atoms with Crippen LogP contribution < -0.4 is 5.32 Å². The quantitative estimate of drug-likeness (QED) is 0.894. The Morgan fingerprint density at radius 1 is 1.15 bits per heavy atom. The molecule has 0 spiro atoms. The van der Waals surface area contributed by atoms with Crippen molar-refractivity contribution in [1.82, 2.24) is 4.90 Å². The molecule has 2 atom stereocenters. The fourth-order valence-electron chi connectivity index (χ4n) is 3.08. The van der Waals surface area contributed by atoms with E-state index in [1.165, 1.54) is 0 Å². The Morgan fingerprint density at radius 2 is 1.92 bits per heavy atom. The Bertz CT molecular complexity index is 770. The van der Waals surface area contributed by atoms with Crippen molar-refractivity contribution in [2.75, 3.05) is 19.0 Å². The molecular formula is C21H24N2O3. The second kappa shape index (κ2) is 8.15. The standard InChI is InChI=1S/C21H24N2O3/c1-15(23(2)21(25)19-12-7-13-26-19)17-10-6-11-18(14-17)22-20(24)16-8-4-3-5-9-16/h3-6,8-11,14-15,19H,7,12-13H2,1-2H3,(H,22,24). The third kappa shape index (κ3) is 4.11. The maximum atomic E-state index is 12.5. The monoisotopic (exact) mass is 352 g/mol. The first-order valence-corrected chi connectivity index (χ1v) is 8.91. The van der Waals surface area contributed by atoms with E-state index in [4.69, 9.17) is 4.74 Å². The van der Waals surface area contributed by atoms with Crippen molar-refractivity contribution >= 4 is 17.5 Å². The van der Waals surface area contributed by atoms with Gasteiger partial charge in [-0.1, -0.05) is 30.3 Å². The Labute approximate surface area is 154 Å². The van der Waals surface area contributed by atoms with Crippen LogP contribution in [-0.4, -0.2) is 36.5 Å². The summed E-state index contributed by atoms with van der Waals surface area (Å²) in [5.41, 5.74) is 2.28. The zero-order valence-electron chi connectivity index (χ0n) is 15.1. The molecule has 2 aromatic rings. The average molecular weight is 352 g/mol. The molecule has 1 N–H and O–H groups in total. The van der Waals surface area contributed by atoms with E-state index in [1.807, 2.05) is 49.4 Å². The lowest BCUT2D eigenvalue weighted by Crippen LogP contribution is -2.37. The predicted octanol–water partition coefficient (Wildman–Crippen LogP) is 3.64. The Balaban J connectivity index is 1.70. The van der Waals surface area contributed by atoms with Crippen LogP contribution in [0.4, 0.5) is 5.69 Å². The molecule has 136 valence electrons. The van der Waals surface area contributed by atoms with E-state index >= 15 is 0 Å². The smallest absolute Gasteiger partial charge is 0.255 e. The highest BCUT2D eigenvalue weighted by Gasteiger charge is 2.29. The van der Waals surface area contributed by atoms with Crippen LogP contribution in [0, 0.1) is 0 Å². The van der Waals surface area contributed by atoms with Crippen LogP contribution in [0.15, 0.2) is 54.6 Å². The molecule has 3 rings (SSSR count). The predicted molar refractivity (Wildman–Crippen MR) is 101 cm³/mol. The highest BCUT2D eigenvalue weighted by atomic mass is 16.5. The fraction of sp³-hybridized carbons (Fsp3) is 0.333. The summed E-state index contributed by atoms with van der Waals surface area (Å²) < 4.78 is 5.50. The molecule has 1 saturated heterocycles. The first kappa shape index (κ1) is 18.1. The Morgan fingerprint density at radius 3 is 2.62 bits per heavy atom. The molecule has 0 bridgehead atoms. The number of nitrogens with zero attached hydrogens (tertiary/aromatic N) is 1. The summed E-state index contributed by atoms with van der Waals surface area (Å²) in [6.45, 7) is 2.63. The van der Waals surface area contributed by atoms with Crippen molar-refractivity contribution in [2.45, 2.75) is 31.9 Å². The van der Waals surface area contributed by atoms with Crippen molar-refractivity contribution in [1.29, 1.82) is 0 Å². The van der Waals surface area contributed by atoms with E-state index in [1.54, 1.807) is 24.1 Å². The molecule has 1 heterocycles. The van der Waals surface area contributed by atoms with Crippen LogP contribution in [0.5, 0.6) is 0 Å². The third-order valence-corrected chi connectivity index (χ3v) is 4.80. The van der Waals surface area contributed by atoms with Gasteiger partial charge >= 0.3 is 0 Å². The largest absolute Gasteiger partial charge is 0.368 e. The van der Waals surface area contributed by atoms with Gasteiger partial charge in [-0.05, 0) is 49.6 Å². The minimum absolute atomic E-state index is 0.00808. The second-order valence-corrected chi connectivity index (χ2v) is 6.57. The third-order valence-electron chi connectivity index (χ3n) is 4.80. The molecule has 26 heavy (non-hydrogen) atoms. The van der Waals surface area contributed by atoms with Crippen LogP contribution in [-0.2, 0) is 9.53 Å². The number of ether oxygens (including phenoxy) is 1. The molecule has 0 radical (unpaired) electrons. The van der Waals surface area contributed by atoms with Crippen molar-refractivity contribution < 1.29 is 14.3 Å². The zero-order valence-corrected chi connectivity index (χ0v) is 15.1. The number of nitrogens with one attached hydrogen (secondary N) is 1. The van der Waals surface area contributed by atoms with Gasteiger partial charge in [-0.2, -0.15) is 0 Å². The first-order valence-electron chi connectivity index (χ1n) is 8.91. The molecule has 1 fully saturated rings. The molecule has 1 aliphatic rings. The molecule has 5 nitrogen and oxygen atoms in total. The number of rotatable bonds is 5. The number of carbonyl (C=O) groups excluding carboxylic acids is 2. The minimum Gasteiger partial charge on any atom is -0.368 e. The van der Waals surface area contributed by atoms with E-state index in [9.17, 15) is 9.59 Å². The van der Waals surface area contributed by atoms with E-state index in [0.717, 1.165) is 18.4 Å². The highest BCUT2D eigenvalue weighted by molar-refractivity contribution is 6.04. The van der Waals surface area contributed by atoms with E-state index < -0.39 is 0 Å². The highest BCUT2D eigenvalue weighted by Crippen LogP contribution is 2.25. The number of amides is 2. The minimum atomic E-state index is -0.330. The molecule has 1 aliphatic heterocycles. The first-order chi connectivity index (χ1) is 12.6.